The van der Waals surface area contributed by atoms with E-state index >= 15 is 0 Å². The van der Waals surface area contributed by atoms with Crippen LogP contribution in [0.15, 0.2) is 30.3 Å². The first kappa shape index (κ1) is 13.2. The van der Waals surface area contributed by atoms with Crippen molar-refractivity contribution in [3.05, 3.63) is 35.9 Å². The van der Waals surface area contributed by atoms with Gasteiger partial charge in [0.2, 0.25) is 0 Å². The van der Waals surface area contributed by atoms with E-state index in [1.807, 2.05) is 30.3 Å². The highest BCUT2D eigenvalue weighted by Crippen LogP contribution is 2.33. The van der Waals surface area contributed by atoms with Gasteiger partial charge in [0.15, 0.2) is 5.78 Å². The van der Waals surface area contributed by atoms with Crippen LogP contribution >= 0.6 is 0 Å². The molecule has 0 spiro atoms. The number of hydrogen-bond donors (Lipinski definition) is 2. The average molecular weight is 247 g/mol. The zero-order chi connectivity index (χ0) is 12.8. The van der Waals surface area contributed by atoms with Gasteiger partial charge >= 0.3 is 0 Å². The van der Waals surface area contributed by atoms with E-state index in [1.54, 1.807) is 0 Å². The molecule has 0 amide bonds. The van der Waals surface area contributed by atoms with Crippen LogP contribution in [0.1, 0.15) is 36.0 Å². The molecule has 0 atom stereocenters. The number of hydrogen-bond acceptors (Lipinski definition) is 3. The average Bonchev–Trinajstić information content (AvgIpc) is 2.47. The normalized spacial score (nSPS) is 18.5. The molecule has 1 aromatic rings. The third kappa shape index (κ3) is 3.18. The van der Waals surface area contributed by atoms with Crippen molar-refractivity contribution >= 4 is 5.78 Å². The van der Waals surface area contributed by atoms with Crippen molar-refractivity contribution < 1.29 is 9.90 Å². The van der Waals surface area contributed by atoms with E-state index in [9.17, 15) is 9.90 Å². The smallest absolute Gasteiger partial charge is 0.162 e. The van der Waals surface area contributed by atoms with Crippen LogP contribution in [-0.2, 0) is 0 Å². The van der Waals surface area contributed by atoms with E-state index in [4.69, 9.17) is 0 Å². The number of aliphatic hydroxyl groups is 1. The number of carbonyl (C=O) groups excluding carboxylic acids is 1. The van der Waals surface area contributed by atoms with Crippen molar-refractivity contribution in [1.29, 1.82) is 0 Å². The van der Waals surface area contributed by atoms with E-state index in [0.717, 1.165) is 37.9 Å². The first-order valence-corrected chi connectivity index (χ1v) is 6.66. The second-order valence-corrected chi connectivity index (χ2v) is 5.20. The summed E-state index contributed by atoms with van der Waals surface area (Å²) in [4.78, 5) is 12.0. The quantitative estimate of drug-likeness (QED) is 0.783. The second kappa shape index (κ2) is 6.12. The molecule has 0 unspecified atom stereocenters. The van der Waals surface area contributed by atoms with Gasteiger partial charge in [-0.3, -0.25) is 4.79 Å². The Morgan fingerprint density at radius 1 is 1.22 bits per heavy atom. The lowest BCUT2D eigenvalue weighted by molar-refractivity contribution is 0.0713. The number of carbonyl (C=O) groups is 1. The Morgan fingerprint density at radius 3 is 2.50 bits per heavy atom. The van der Waals surface area contributed by atoms with Crippen molar-refractivity contribution in [2.75, 3.05) is 19.7 Å². The second-order valence-electron chi connectivity index (χ2n) is 5.20. The molecule has 0 saturated carbocycles. The lowest BCUT2D eigenvalue weighted by atomic mass is 9.75. The standard InChI is InChI=1S/C15H21NO2/c17-12-15(8-10-16-11-9-15)7-6-14(18)13-4-2-1-3-5-13/h1-5,16-17H,6-12H2. The Hall–Kier alpha value is -1.19. The zero-order valence-electron chi connectivity index (χ0n) is 10.7. The summed E-state index contributed by atoms with van der Waals surface area (Å²) in [6.45, 7) is 2.08. The Balaban J connectivity index is 1.92. The molecule has 1 saturated heterocycles. The Labute approximate surface area is 108 Å². The lowest BCUT2D eigenvalue weighted by Gasteiger charge is -2.35. The minimum atomic E-state index is -0.0459. The summed E-state index contributed by atoms with van der Waals surface area (Å²) in [6.07, 6.45) is 3.25. The third-order valence-electron chi connectivity index (χ3n) is 3.98. The van der Waals surface area contributed by atoms with E-state index in [-0.39, 0.29) is 17.8 Å². The maximum Gasteiger partial charge on any atom is 0.162 e. The largest absolute Gasteiger partial charge is 0.396 e. The monoisotopic (exact) mass is 247 g/mol. The molecule has 1 fully saturated rings. The summed E-state index contributed by atoms with van der Waals surface area (Å²) in [5.74, 6) is 0.182. The van der Waals surface area contributed by atoms with Crippen molar-refractivity contribution in [2.45, 2.75) is 25.7 Å². The number of benzene rings is 1. The first-order valence-electron chi connectivity index (χ1n) is 6.66. The topological polar surface area (TPSA) is 49.3 Å². The van der Waals surface area contributed by atoms with Crippen molar-refractivity contribution in [2.24, 2.45) is 5.41 Å². The third-order valence-corrected chi connectivity index (χ3v) is 3.98. The van der Waals surface area contributed by atoms with Crippen LogP contribution in [0, 0.1) is 5.41 Å². The SMILES string of the molecule is O=C(CCC1(CO)CCNCC1)c1ccccc1. The number of Topliss-reactive ketones (excluding diaryl/α,β-unsaturated/α-hetero) is 1. The van der Waals surface area contributed by atoms with Crippen LogP contribution in [0.2, 0.25) is 0 Å². The van der Waals surface area contributed by atoms with E-state index in [1.165, 1.54) is 0 Å². The van der Waals surface area contributed by atoms with Crippen molar-refractivity contribution in [3.63, 3.8) is 0 Å². The van der Waals surface area contributed by atoms with Crippen LogP contribution in [-0.4, -0.2) is 30.6 Å². The van der Waals surface area contributed by atoms with Crippen LogP contribution < -0.4 is 5.32 Å². The molecule has 3 nitrogen and oxygen atoms in total. The molecule has 1 aromatic carbocycles. The first-order chi connectivity index (χ1) is 8.76. The molecule has 98 valence electrons. The molecule has 0 radical (unpaired) electrons. The predicted molar refractivity (Wildman–Crippen MR) is 71.6 cm³/mol. The fourth-order valence-electron chi connectivity index (χ4n) is 2.59. The number of piperidine rings is 1. The minimum absolute atomic E-state index is 0.0459. The Morgan fingerprint density at radius 2 is 1.89 bits per heavy atom. The highest BCUT2D eigenvalue weighted by Gasteiger charge is 2.31. The fraction of sp³-hybridized carbons (Fsp3) is 0.533. The van der Waals surface area contributed by atoms with Crippen LogP contribution in [0.25, 0.3) is 0 Å². The molecule has 0 aliphatic carbocycles. The van der Waals surface area contributed by atoms with Gasteiger partial charge in [0.1, 0.15) is 0 Å². The molecule has 1 aliphatic rings. The molecule has 18 heavy (non-hydrogen) atoms. The predicted octanol–water partition coefficient (Wildman–Crippen LogP) is 2.01. The Bertz CT molecular complexity index is 383. The van der Waals surface area contributed by atoms with Gasteiger partial charge < -0.3 is 10.4 Å². The summed E-state index contributed by atoms with van der Waals surface area (Å²) in [5, 5.41) is 12.9. The van der Waals surface area contributed by atoms with Gasteiger partial charge in [-0.15, -0.1) is 0 Å². The molecule has 3 heteroatoms. The molecule has 0 bridgehead atoms. The fourth-order valence-corrected chi connectivity index (χ4v) is 2.59. The molecule has 0 aromatic heterocycles. The maximum absolute atomic E-state index is 12.0. The summed E-state index contributed by atoms with van der Waals surface area (Å²) in [7, 11) is 0. The molecular weight excluding hydrogens is 226 g/mol. The lowest BCUT2D eigenvalue weighted by Crippen LogP contribution is -2.39. The highest BCUT2D eigenvalue weighted by atomic mass is 16.3. The van der Waals surface area contributed by atoms with Crippen LogP contribution in [0.5, 0.6) is 0 Å². The van der Waals surface area contributed by atoms with Gasteiger partial charge in [-0.1, -0.05) is 30.3 Å². The summed E-state index contributed by atoms with van der Waals surface area (Å²) >= 11 is 0. The van der Waals surface area contributed by atoms with E-state index in [2.05, 4.69) is 5.32 Å². The van der Waals surface area contributed by atoms with E-state index < -0.39 is 0 Å². The number of nitrogens with one attached hydrogen (secondary N) is 1. The van der Waals surface area contributed by atoms with Crippen molar-refractivity contribution in [1.82, 2.24) is 5.32 Å². The summed E-state index contributed by atoms with van der Waals surface area (Å²) < 4.78 is 0. The maximum atomic E-state index is 12.0. The molecule has 2 N–H and O–H groups in total. The van der Waals surface area contributed by atoms with Crippen molar-refractivity contribution in [3.8, 4) is 0 Å². The molecule has 1 heterocycles. The van der Waals surface area contributed by atoms with Crippen LogP contribution in [0.3, 0.4) is 0 Å². The van der Waals surface area contributed by atoms with Gasteiger partial charge in [0, 0.05) is 18.6 Å². The number of rotatable bonds is 5. The van der Waals surface area contributed by atoms with Gasteiger partial charge in [0.25, 0.3) is 0 Å². The van der Waals surface area contributed by atoms with Gasteiger partial charge in [-0.25, -0.2) is 0 Å². The Kier molecular flexibility index (Phi) is 4.50. The van der Waals surface area contributed by atoms with E-state index in [0.29, 0.717) is 6.42 Å². The summed E-state index contributed by atoms with van der Waals surface area (Å²) in [5.41, 5.74) is 0.731. The number of ketones is 1. The van der Waals surface area contributed by atoms with Crippen LogP contribution in [0.4, 0.5) is 0 Å². The number of aliphatic hydroxyl groups excluding tert-OH is 1. The zero-order valence-corrected chi connectivity index (χ0v) is 10.7. The molecule has 2 rings (SSSR count). The van der Waals surface area contributed by atoms with Gasteiger partial charge in [-0.2, -0.15) is 0 Å². The van der Waals surface area contributed by atoms with Gasteiger partial charge in [-0.05, 0) is 37.8 Å². The summed E-state index contributed by atoms with van der Waals surface area (Å²) in [6, 6.07) is 9.41. The highest BCUT2D eigenvalue weighted by molar-refractivity contribution is 5.95. The minimum Gasteiger partial charge on any atom is -0.396 e. The molecule has 1 aliphatic heterocycles. The molecular formula is C15H21NO2. The van der Waals surface area contributed by atoms with Gasteiger partial charge in [0.05, 0.1) is 0 Å².